The van der Waals surface area contributed by atoms with E-state index >= 15 is 0 Å². The number of ether oxygens (including phenoxy) is 1. The topological polar surface area (TPSA) is 102 Å². The van der Waals surface area contributed by atoms with Gasteiger partial charge in [0, 0.05) is 32.2 Å². The van der Waals surface area contributed by atoms with E-state index in [2.05, 4.69) is 25.2 Å². The van der Waals surface area contributed by atoms with E-state index < -0.39 is 0 Å². The van der Waals surface area contributed by atoms with Crippen LogP contribution in [-0.2, 0) is 29.1 Å². The summed E-state index contributed by atoms with van der Waals surface area (Å²) in [7, 11) is 1.62. The summed E-state index contributed by atoms with van der Waals surface area (Å²) in [6, 6.07) is 17.3. The SMILES string of the molecule is COc1ccc([C@H]2CC(c3ccccc3)=NN2C(=O)CCC(=O)NCc2nnc3n2CCC3)cc1. The van der Waals surface area contributed by atoms with E-state index in [0.29, 0.717) is 13.0 Å². The number of hydrogen-bond donors (Lipinski definition) is 1. The third-order valence-electron chi connectivity index (χ3n) is 6.47. The Morgan fingerprint density at radius 1 is 1.06 bits per heavy atom. The molecule has 0 bridgehead atoms. The van der Waals surface area contributed by atoms with Gasteiger partial charge < -0.3 is 14.6 Å². The maximum absolute atomic E-state index is 13.2. The van der Waals surface area contributed by atoms with Gasteiger partial charge in [-0.05, 0) is 29.7 Å². The molecule has 35 heavy (non-hydrogen) atoms. The molecule has 0 spiro atoms. The molecule has 0 fully saturated rings. The quantitative estimate of drug-likeness (QED) is 0.543. The molecule has 0 radical (unpaired) electrons. The Morgan fingerprint density at radius 2 is 1.86 bits per heavy atom. The first-order valence-corrected chi connectivity index (χ1v) is 11.9. The van der Waals surface area contributed by atoms with Gasteiger partial charge in [-0.2, -0.15) is 5.10 Å². The van der Waals surface area contributed by atoms with Crippen LogP contribution in [0.2, 0.25) is 0 Å². The number of hydrazone groups is 1. The highest BCUT2D eigenvalue weighted by Gasteiger charge is 2.33. The zero-order valence-corrected chi connectivity index (χ0v) is 19.7. The Morgan fingerprint density at radius 3 is 2.63 bits per heavy atom. The third kappa shape index (κ3) is 4.94. The molecule has 0 aliphatic carbocycles. The lowest BCUT2D eigenvalue weighted by Crippen LogP contribution is -2.30. The minimum atomic E-state index is -0.231. The van der Waals surface area contributed by atoms with Crippen LogP contribution in [0.1, 0.15) is 54.5 Å². The Bertz CT molecular complexity index is 1240. The van der Waals surface area contributed by atoms with Crippen molar-refractivity contribution in [3.05, 3.63) is 77.4 Å². The van der Waals surface area contributed by atoms with E-state index in [1.807, 2.05) is 54.6 Å². The first-order chi connectivity index (χ1) is 17.1. The summed E-state index contributed by atoms with van der Waals surface area (Å²) < 4.78 is 7.32. The van der Waals surface area contributed by atoms with Crippen molar-refractivity contribution in [3.8, 4) is 5.75 Å². The van der Waals surface area contributed by atoms with Crippen molar-refractivity contribution < 1.29 is 14.3 Å². The molecule has 1 aromatic heterocycles. The molecule has 0 saturated carbocycles. The largest absolute Gasteiger partial charge is 0.497 e. The molecule has 3 aromatic rings. The van der Waals surface area contributed by atoms with Crippen molar-refractivity contribution in [1.29, 1.82) is 0 Å². The van der Waals surface area contributed by atoms with Crippen molar-refractivity contribution >= 4 is 17.5 Å². The number of carbonyl (C=O) groups excluding carboxylic acids is 2. The monoisotopic (exact) mass is 472 g/mol. The molecule has 0 saturated heterocycles. The normalized spacial score (nSPS) is 16.7. The summed E-state index contributed by atoms with van der Waals surface area (Å²) >= 11 is 0. The van der Waals surface area contributed by atoms with E-state index in [-0.39, 0.29) is 30.7 Å². The summed E-state index contributed by atoms with van der Waals surface area (Å²) in [6.45, 7) is 1.20. The highest BCUT2D eigenvalue weighted by molar-refractivity contribution is 6.03. The number of carbonyl (C=O) groups is 2. The van der Waals surface area contributed by atoms with Crippen LogP contribution in [0.15, 0.2) is 59.7 Å². The Balaban J connectivity index is 1.24. The smallest absolute Gasteiger partial charge is 0.243 e. The Hall–Kier alpha value is -4.01. The summed E-state index contributed by atoms with van der Waals surface area (Å²) in [5.74, 6) is 2.10. The first kappa shape index (κ1) is 22.8. The van der Waals surface area contributed by atoms with Crippen LogP contribution >= 0.6 is 0 Å². The molecule has 3 heterocycles. The number of rotatable bonds is 8. The second-order valence-electron chi connectivity index (χ2n) is 8.71. The fourth-order valence-electron chi connectivity index (χ4n) is 4.57. The lowest BCUT2D eigenvalue weighted by Gasteiger charge is -2.22. The van der Waals surface area contributed by atoms with E-state index in [4.69, 9.17) is 4.74 Å². The fraction of sp³-hybridized carbons (Fsp3) is 0.346. The van der Waals surface area contributed by atoms with Crippen LogP contribution in [0, 0.1) is 0 Å². The molecule has 2 aromatic carbocycles. The highest BCUT2D eigenvalue weighted by atomic mass is 16.5. The van der Waals surface area contributed by atoms with Gasteiger partial charge in [0.2, 0.25) is 11.8 Å². The number of nitrogens with one attached hydrogen (secondary N) is 1. The van der Waals surface area contributed by atoms with Gasteiger partial charge in [0.1, 0.15) is 11.6 Å². The van der Waals surface area contributed by atoms with Crippen molar-refractivity contribution in [2.75, 3.05) is 7.11 Å². The molecule has 2 aliphatic rings. The van der Waals surface area contributed by atoms with Gasteiger partial charge >= 0.3 is 0 Å². The summed E-state index contributed by atoms with van der Waals surface area (Å²) in [6.07, 6.45) is 2.74. The van der Waals surface area contributed by atoms with Crippen LogP contribution in [0.3, 0.4) is 0 Å². The molecule has 5 rings (SSSR count). The number of methoxy groups -OCH3 is 1. The summed E-state index contributed by atoms with van der Waals surface area (Å²) in [4.78, 5) is 25.7. The van der Waals surface area contributed by atoms with Crippen LogP contribution in [-0.4, -0.2) is 44.4 Å². The average molecular weight is 473 g/mol. The number of amides is 2. The van der Waals surface area contributed by atoms with Crippen LogP contribution in [0.5, 0.6) is 5.75 Å². The van der Waals surface area contributed by atoms with E-state index in [1.54, 1.807) is 7.11 Å². The van der Waals surface area contributed by atoms with Crippen LogP contribution in [0.25, 0.3) is 0 Å². The van der Waals surface area contributed by atoms with Gasteiger partial charge in [-0.15, -0.1) is 10.2 Å². The fourth-order valence-corrected chi connectivity index (χ4v) is 4.57. The molecular formula is C26H28N6O3. The Labute approximate surface area is 203 Å². The maximum atomic E-state index is 13.2. The van der Waals surface area contributed by atoms with E-state index in [0.717, 1.165) is 53.6 Å². The van der Waals surface area contributed by atoms with Gasteiger partial charge in [-0.25, -0.2) is 5.01 Å². The lowest BCUT2D eigenvalue weighted by molar-refractivity contribution is -0.135. The number of hydrogen-bond acceptors (Lipinski definition) is 6. The molecule has 9 nitrogen and oxygen atoms in total. The molecule has 2 amide bonds. The molecule has 2 aliphatic heterocycles. The first-order valence-electron chi connectivity index (χ1n) is 11.9. The van der Waals surface area contributed by atoms with E-state index in [9.17, 15) is 9.59 Å². The predicted molar refractivity (Wildman–Crippen MR) is 130 cm³/mol. The average Bonchev–Trinajstić information content (AvgIpc) is 3.63. The summed E-state index contributed by atoms with van der Waals surface area (Å²) in [5, 5.41) is 17.4. The number of aromatic nitrogens is 3. The van der Waals surface area contributed by atoms with Crippen molar-refractivity contribution in [3.63, 3.8) is 0 Å². The molecule has 0 unspecified atom stereocenters. The zero-order valence-electron chi connectivity index (χ0n) is 19.7. The standard InChI is InChI=1S/C26H28N6O3/c1-35-20-11-9-19(10-12-20)22-16-21(18-6-3-2-4-7-18)30-32(22)26(34)14-13-25(33)27-17-24-29-28-23-8-5-15-31(23)24/h2-4,6-7,9-12,22H,5,8,13-17H2,1H3,(H,27,33)/t22-/m1/s1. The minimum absolute atomic E-state index is 0.0714. The summed E-state index contributed by atoms with van der Waals surface area (Å²) in [5.41, 5.74) is 2.81. The van der Waals surface area contributed by atoms with Crippen molar-refractivity contribution in [2.24, 2.45) is 5.10 Å². The molecular weight excluding hydrogens is 444 g/mol. The lowest BCUT2D eigenvalue weighted by atomic mass is 9.98. The Kier molecular flexibility index (Phi) is 6.56. The van der Waals surface area contributed by atoms with Gasteiger partial charge in [-0.1, -0.05) is 42.5 Å². The van der Waals surface area contributed by atoms with Gasteiger partial charge in [0.25, 0.3) is 0 Å². The molecule has 1 N–H and O–H groups in total. The van der Waals surface area contributed by atoms with Crippen LogP contribution < -0.4 is 10.1 Å². The number of nitrogens with zero attached hydrogens (tertiary/aromatic N) is 5. The predicted octanol–water partition coefficient (Wildman–Crippen LogP) is 3.01. The third-order valence-corrected chi connectivity index (χ3v) is 6.47. The number of benzene rings is 2. The van der Waals surface area contributed by atoms with E-state index in [1.165, 1.54) is 5.01 Å². The van der Waals surface area contributed by atoms with Gasteiger partial charge in [-0.3, -0.25) is 9.59 Å². The van der Waals surface area contributed by atoms with Crippen molar-refractivity contribution in [1.82, 2.24) is 25.1 Å². The molecule has 180 valence electrons. The van der Waals surface area contributed by atoms with Crippen LogP contribution in [0.4, 0.5) is 0 Å². The second kappa shape index (κ2) is 10.1. The molecule has 9 heteroatoms. The van der Waals surface area contributed by atoms with Crippen molar-refractivity contribution in [2.45, 2.75) is 51.2 Å². The zero-order chi connectivity index (χ0) is 24.2. The second-order valence-corrected chi connectivity index (χ2v) is 8.71. The minimum Gasteiger partial charge on any atom is -0.497 e. The molecule has 1 atom stereocenters. The maximum Gasteiger partial charge on any atom is 0.243 e. The van der Waals surface area contributed by atoms with Gasteiger partial charge in [0.15, 0.2) is 5.82 Å². The van der Waals surface area contributed by atoms with Gasteiger partial charge in [0.05, 0.1) is 25.4 Å². The number of fused-ring (bicyclic) bond motifs is 1. The number of aryl methyl sites for hydroxylation is 1. The highest BCUT2D eigenvalue weighted by Crippen LogP contribution is 2.34.